The van der Waals surface area contributed by atoms with E-state index in [2.05, 4.69) is 5.32 Å². The Bertz CT molecular complexity index is 590. The lowest BCUT2D eigenvalue weighted by molar-refractivity contribution is 0.288. The van der Waals surface area contributed by atoms with Crippen molar-refractivity contribution in [1.29, 1.82) is 0 Å². The molecule has 112 valence electrons. The normalized spacial score (nSPS) is 10.6. The quantitative estimate of drug-likeness (QED) is 0.763. The lowest BCUT2D eigenvalue weighted by Gasteiger charge is -2.12. The Labute approximate surface area is 134 Å². The van der Waals surface area contributed by atoms with E-state index in [1.807, 2.05) is 30.3 Å². The number of para-hydroxylation sites is 1. The van der Waals surface area contributed by atoms with E-state index in [0.29, 0.717) is 29.7 Å². The molecule has 0 atom stereocenters. The highest BCUT2D eigenvalue weighted by Crippen LogP contribution is 2.24. The Morgan fingerprint density at radius 1 is 1.05 bits per heavy atom. The fraction of sp³-hybridized carbons (Fsp3) is 0.250. The van der Waals surface area contributed by atoms with Crippen molar-refractivity contribution in [2.24, 2.45) is 0 Å². The molecule has 0 spiro atoms. The first-order valence-corrected chi connectivity index (χ1v) is 7.42. The lowest BCUT2D eigenvalue weighted by Crippen LogP contribution is -2.18. The molecule has 0 aliphatic heterocycles. The topological polar surface area (TPSA) is 41.5 Å². The third-order valence-electron chi connectivity index (χ3n) is 2.97. The second-order valence-electron chi connectivity index (χ2n) is 4.53. The summed E-state index contributed by atoms with van der Waals surface area (Å²) in [5.41, 5.74) is 1.93. The van der Waals surface area contributed by atoms with Gasteiger partial charge in [0.25, 0.3) is 0 Å². The number of hydrogen-bond acceptors (Lipinski definition) is 3. The zero-order valence-electron chi connectivity index (χ0n) is 11.5. The lowest BCUT2D eigenvalue weighted by atomic mass is 10.2. The smallest absolute Gasteiger partial charge is 0.124 e. The predicted octanol–water partition coefficient (Wildman–Crippen LogP) is 3.65. The van der Waals surface area contributed by atoms with Crippen LogP contribution in [0.5, 0.6) is 5.75 Å². The van der Waals surface area contributed by atoms with Crippen LogP contribution in [0.3, 0.4) is 0 Å². The largest absolute Gasteiger partial charge is 0.489 e. The van der Waals surface area contributed by atoms with Crippen molar-refractivity contribution in [3.63, 3.8) is 0 Å². The fourth-order valence-electron chi connectivity index (χ4n) is 1.89. The van der Waals surface area contributed by atoms with Gasteiger partial charge in [-0.1, -0.05) is 47.5 Å². The molecular formula is C16H17Cl2NO2. The van der Waals surface area contributed by atoms with Gasteiger partial charge in [-0.2, -0.15) is 0 Å². The van der Waals surface area contributed by atoms with Crippen LogP contribution in [0.2, 0.25) is 10.0 Å². The Morgan fingerprint density at radius 3 is 2.62 bits per heavy atom. The van der Waals surface area contributed by atoms with E-state index < -0.39 is 0 Å². The Kier molecular flexibility index (Phi) is 6.33. The minimum atomic E-state index is 0.114. The van der Waals surface area contributed by atoms with Crippen LogP contribution < -0.4 is 10.1 Å². The molecule has 0 aliphatic rings. The van der Waals surface area contributed by atoms with Gasteiger partial charge >= 0.3 is 0 Å². The molecule has 0 saturated carbocycles. The van der Waals surface area contributed by atoms with Crippen LogP contribution in [0.1, 0.15) is 11.1 Å². The van der Waals surface area contributed by atoms with Crippen LogP contribution in [0.4, 0.5) is 0 Å². The van der Waals surface area contributed by atoms with Crippen LogP contribution >= 0.6 is 23.2 Å². The van der Waals surface area contributed by atoms with Gasteiger partial charge in [0, 0.05) is 34.3 Å². The van der Waals surface area contributed by atoms with Crippen LogP contribution in [0.15, 0.2) is 42.5 Å². The summed E-state index contributed by atoms with van der Waals surface area (Å²) in [5, 5.41) is 13.1. The van der Waals surface area contributed by atoms with E-state index in [1.165, 1.54) is 0 Å². The zero-order valence-corrected chi connectivity index (χ0v) is 13.0. The number of rotatable bonds is 7. The maximum absolute atomic E-state index is 8.80. The Balaban J connectivity index is 2.02. The fourth-order valence-corrected chi connectivity index (χ4v) is 2.35. The van der Waals surface area contributed by atoms with Crippen molar-refractivity contribution >= 4 is 23.2 Å². The first-order chi connectivity index (χ1) is 10.2. The average Bonchev–Trinajstić information content (AvgIpc) is 2.48. The maximum Gasteiger partial charge on any atom is 0.124 e. The molecule has 0 aromatic heterocycles. The van der Waals surface area contributed by atoms with E-state index in [-0.39, 0.29) is 6.61 Å². The molecule has 2 aromatic rings. The van der Waals surface area contributed by atoms with E-state index >= 15 is 0 Å². The molecule has 3 nitrogen and oxygen atoms in total. The van der Waals surface area contributed by atoms with Gasteiger partial charge in [0.1, 0.15) is 12.4 Å². The SMILES string of the molecule is OCCNCc1ccccc1OCc1ccc(Cl)cc1Cl. The number of hydrogen-bond donors (Lipinski definition) is 2. The van der Waals surface area contributed by atoms with Gasteiger partial charge in [-0.3, -0.25) is 0 Å². The molecular weight excluding hydrogens is 309 g/mol. The van der Waals surface area contributed by atoms with Crippen molar-refractivity contribution in [3.05, 3.63) is 63.6 Å². The zero-order chi connectivity index (χ0) is 15.1. The van der Waals surface area contributed by atoms with E-state index in [9.17, 15) is 0 Å². The third kappa shape index (κ3) is 4.90. The van der Waals surface area contributed by atoms with Gasteiger partial charge in [-0.05, 0) is 18.2 Å². The first-order valence-electron chi connectivity index (χ1n) is 6.67. The van der Waals surface area contributed by atoms with Crippen LogP contribution in [-0.4, -0.2) is 18.3 Å². The number of halogens is 2. The second kappa shape index (κ2) is 8.25. The van der Waals surface area contributed by atoms with Crippen molar-refractivity contribution in [2.45, 2.75) is 13.2 Å². The Morgan fingerprint density at radius 2 is 1.86 bits per heavy atom. The van der Waals surface area contributed by atoms with Crippen molar-refractivity contribution in [1.82, 2.24) is 5.32 Å². The van der Waals surface area contributed by atoms with Gasteiger partial charge in [-0.25, -0.2) is 0 Å². The minimum Gasteiger partial charge on any atom is -0.489 e. The standard InChI is InChI=1S/C16H17Cl2NO2/c17-14-6-5-13(15(18)9-14)11-21-16-4-2-1-3-12(16)10-19-7-8-20/h1-6,9,19-20H,7-8,10-11H2. The highest BCUT2D eigenvalue weighted by atomic mass is 35.5. The number of nitrogens with one attached hydrogen (secondary N) is 1. The van der Waals surface area contributed by atoms with Gasteiger partial charge in [-0.15, -0.1) is 0 Å². The molecule has 0 aliphatic carbocycles. The van der Waals surface area contributed by atoms with Crippen LogP contribution in [0, 0.1) is 0 Å². The van der Waals surface area contributed by atoms with Gasteiger partial charge < -0.3 is 15.2 Å². The number of aliphatic hydroxyl groups is 1. The summed E-state index contributed by atoms with van der Waals surface area (Å²) in [4.78, 5) is 0. The molecule has 0 unspecified atom stereocenters. The summed E-state index contributed by atoms with van der Waals surface area (Å²) in [5.74, 6) is 0.800. The molecule has 2 rings (SSSR count). The van der Waals surface area contributed by atoms with Crippen molar-refractivity contribution in [2.75, 3.05) is 13.2 Å². The molecule has 2 aromatic carbocycles. The number of aliphatic hydroxyl groups excluding tert-OH is 1. The second-order valence-corrected chi connectivity index (χ2v) is 5.38. The molecule has 5 heteroatoms. The molecule has 2 N–H and O–H groups in total. The third-order valence-corrected chi connectivity index (χ3v) is 3.56. The highest BCUT2D eigenvalue weighted by Gasteiger charge is 2.06. The monoisotopic (exact) mass is 325 g/mol. The van der Waals surface area contributed by atoms with Crippen LogP contribution in [-0.2, 0) is 13.2 Å². The highest BCUT2D eigenvalue weighted by molar-refractivity contribution is 6.35. The van der Waals surface area contributed by atoms with Gasteiger partial charge in [0.15, 0.2) is 0 Å². The van der Waals surface area contributed by atoms with Gasteiger partial charge in [0.2, 0.25) is 0 Å². The number of ether oxygens (including phenoxy) is 1. The number of benzene rings is 2. The van der Waals surface area contributed by atoms with Gasteiger partial charge in [0.05, 0.1) is 6.61 Å². The summed E-state index contributed by atoms with van der Waals surface area (Å²) in [6.45, 7) is 1.69. The summed E-state index contributed by atoms with van der Waals surface area (Å²) in [7, 11) is 0. The van der Waals surface area contributed by atoms with Crippen LogP contribution in [0.25, 0.3) is 0 Å². The molecule has 0 heterocycles. The summed E-state index contributed by atoms with van der Waals surface area (Å²) in [6, 6.07) is 13.1. The predicted molar refractivity (Wildman–Crippen MR) is 86.0 cm³/mol. The molecule has 21 heavy (non-hydrogen) atoms. The molecule has 0 fully saturated rings. The van der Waals surface area contributed by atoms with Crippen molar-refractivity contribution < 1.29 is 9.84 Å². The molecule has 0 bridgehead atoms. The van der Waals surface area contributed by atoms with E-state index in [0.717, 1.165) is 16.9 Å². The average molecular weight is 326 g/mol. The minimum absolute atomic E-state index is 0.114. The summed E-state index contributed by atoms with van der Waals surface area (Å²) in [6.07, 6.45) is 0. The Hall–Kier alpha value is -1.26. The molecule has 0 amide bonds. The first kappa shape index (κ1) is 16.1. The molecule has 0 saturated heterocycles. The summed E-state index contributed by atoms with van der Waals surface area (Å²) >= 11 is 12.0. The van der Waals surface area contributed by atoms with E-state index in [4.69, 9.17) is 33.0 Å². The van der Waals surface area contributed by atoms with E-state index in [1.54, 1.807) is 12.1 Å². The van der Waals surface area contributed by atoms with Crippen molar-refractivity contribution in [3.8, 4) is 5.75 Å². The summed E-state index contributed by atoms with van der Waals surface area (Å²) < 4.78 is 5.84. The molecule has 0 radical (unpaired) electrons. The maximum atomic E-state index is 8.80.